The molecule has 1 aliphatic carbocycles. The summed E-state index contributed by atoms with van der Waals surface area (Å²) in [7, 11) is 0. The summed E-state index contributed by atoms with van der Waals surface area (Å²) in [4.78, 5) is 29.2. The number of hydrogen-bond acceptors (Lipinski definition) is 3. The Hall–Kier alpha value is -2.47. The van der Waals surface area contributed by atoms with Crippen LogP contribution in [0, 0.1) is 5.92 Å². The Balaban J connectivity index is 1.58. The molecule has 4 rings (SSSR count). The predicted octanol–water partition coefficient (Wildman–Crippen LogP) is 3.82. The predicted molar refractivity (Wildman–Crippen MR) is 108 cm³/mol. The summed E-state index contributed by atoms with van der Waals surface area (Å²) < 4.78 is 2.50. The van der Waals surface area contributed by atoms with Crippen molar-refractivity contribution in [1.82, 2.24) is 14.9 Å². The summed E-state index contributed by atoms with van der Waals surface area (Å²) in [5, 5.41) is 3.16. The lowest BCUT2D eigenvalue weighted by molar-refractivity contribution is -0.123. The van der Waals surface area contributed by atoms with Gasteiger partial charge in [0, 0.05) is 4.47 Å². The number of amides is 1. The van der Waals surface area contributed by atoms with Gasteiger partial charge in [-0.2, -0.15) is 0 Å². The standard InChI is InChI=1S/C21H20BrN3O2/c22-16-10-8-15(9-11-16)21(14-4-3-5-14)24-19(26)13-25-18-7-2-1-6-17(18)23-12-20(25)27/h1-2,6-12,14,21H,3-5,13H2,(H,24,26). The van der Waals surface area contributed by atoms with E-state index in [4.69, 9.17) is 0 Å². The van der Waals surface area contributed by atoms with E-state index in [1.54, 1.807) is 0 Å². The molecular formula is C21H20BrN3O2. The van der Waals surface area contributed by atoms with Gasteiger partial charge in [0.15, 0.2) is 0 Å². The van der Waals surface area contributed by atoms with Gasteiger partial charge in [-0.15, -0.1) is 0 Å². The number of hydrogen-bond donors (Lipinski definition) is 1. The van der Waals surface area contributed by atoms with Crippen molar-refractivity contribution in [3.05, 3.63) is 75.1 Å². The number of carbonyl (C=O) groups excluding carboxylic acids is 1. The first-order valence-electron chi connectivity index (χ1n) is 9.11. The van der Waals surface area contributed by atoms with Gasteiger partial charge >= 0.3 is 0 Å². The third-order valence-corrected chi connectivity index (χ3v) is 5.75. The molecule has 1 fully saturated rings. The molecule has 1 aliphatic rings. The van der Waals surface area contributed by atoms with Crippen LogP contribution in [0.1, 0.15) is 30.9 Å². The van der Waals surface area contributed by atoms with Crippen LogP contribution in [0.3, 0.4) is 0 Å². The summed E-state index contributed by atoms with van der Waals surface area (Å²) in [6, 6.07) is 15.4. The normalized spacial score (nSPS) is 15.3. The minimum Gasteiger partial charge on any atom is -0.347 e. The fraction of sp³-hybridized carbons (Fsp3) is 0.286. The van der Waals surface area contributed by atoms with Crippen molar-refractivity contribution in [2.24, 2.45) is 5.92 Å². The highest BCUT2D eigenvalue weighted by Crippen LogP contribution is 2.38. The van der Waals surface area contributed by atoms with Crippen LogP contribution in [-0.4, -0.2) is 15.5 Å². The molecule has 27 heavy (non-hydrogen) atoms. The lowest BCUT2D eigenvalue weighted by Gasteiger charge is -2.34. The van der Waals surface area contributed by atoms with Crippen LogP contribution >= 0.6 is 15.9 Å². The van der Waals surface area contributed by atoms with Gasteiger partial charge in [0.25, 0.3) is 5.56 Å². The number of halogens is 1. The monoisotopic (exact) mass is 425 g/mol. The van der Waals surface area contributed by atoms with Crippen molar-refractivity contribution in [3.63, 3.8) is 0 Å². The number of aromatic nitrogens is 2. The van der Waals surface area contributed by atoms with E-state index in [0.29, 0.717) is 17.0 Å². The molecule has 0 aliphatic heterocycles. The lowest BCUT2D eigenvalue weighted by Crippen LogP contribution is -2.39. The second-order valence-corrected chi connectivity index (χ2v) is 7.87. The number of fused-ring (bicyclic) bond motifs is 1. The highest BCUT2D eigenvalue weighted by molar-refractivity contribution is 9.10. The maximum Gasteiger partial charge on any atom is 0.269 e. The molecule has 5 nitrogen and oxygen atoms in total. The molecule has 1 unspecified atom stereocenters. The quantitative estimate of drug-likeness (QED) is 0.675. The van der Waals surface area contributed by atoms with Gasteiger partial charge < -0.3 is 5.32 Å². The second-order valence-electron chi connectivity index (χ2n) is 6.96. The average Bonchev–Trinajstić information content (AvgIpc) is 2.63. The molecule has 138 valence electrons. The summed E-state index contributed by atoms with van der Waals surface area (Å²) in [6.07, 6.45) is 4.69. The smallest absolute Gasteiger partial charge is 0.269 e. The molecule has 6 heteroatoms. The van der Waals surface area contributed by atoms with Gasteiger partial charge in [-0.1, -0.05) is 46.6 Å². The van der Waals surface area contributed by atoms with Gasteiger partial charge in [-0.05, 0) is 48.6 Å². The summed E-state index contributed by atoms with van der Waals surface area (Å²) >= 11 is 3.46. The molecule has 1 amide bonds. The molecule has 3 aromatic rings. The summed E-state index contributed by atoms with van der Waals surface area (Å²) in [5.41, 5.74) is 2.20. The molecule has 0 radical (unpaired) electrons. The topological polar surface area (TPSA) is 64.0 Å². The molecule has 1 saturated carbocycles. The number of carbonyl (C=O) groups is 1. The van der Waals surface area contributed by atoms with Crippen molar-refractivity contribution in [3.8, 4) is 0 Å². The number of nitrogens with zero attached hydrogens (tertiary/aromatic N) is 2. The van der Waals surface area contributed by atoms with Gasteiger partial charge in [0.2, 0.25) is 5.91 Å². The molecular weight excluding hydrogens is 406 g/mol. The fourth-order valence-electron chi connectivity index (χ4n) is 3.56. The Kier molecular flexibility index (Phi) is 5.07. The van der Waals surface area contributed by atoms with Crippen LogP contribution in [0.15, 0.2) is 64.0 Å². The molecule has 1 aromatic heterocycles. The van der Waals surface area contributed by atoms with Gasteiger partial charge in [0.05, 0.1) is 23.3 Å². The third kappa shape index (κ3) is 3.81. The Morgan fingerprint density at radius 1 is 1.19 bits per heavy atom. The second kappa shape index (κ2) is 7.64. The maximum absolute atomic E-state index is 12.8. The summed E-state index contributed by atoms with van der Waals surface area (Å²) in [6.45, 7) is -0.0123. The molecule has 1 heterocycles. The first kappa shape index (κ1) is 17.9. The Labute approximate surface area is 165 Å². The zero-order valence-corrected chi connectivity index (χ0v) is 16.4. The largest absolute Gasteiger partial charge is 0.347 e. The Bertz CT molecular complexity index is 1030. The van der Waals surface area contributed by atoms with Crippen LogP contribution < -0.4 is 10.9 Å². The molecule has 0 spiro atoms. The molecule has 1 N–H and O–H groups in total. The number of rotatable bonds is 5. The van der Waals surface area contributed by atoms with Gasteiger partial charge in [-0.3, -0.25) is 14.2 Å². The van der Waals surface area contributed by atoms with E-state index < -0.39 is 0 Å². The molecule has 1 atom stereocenters. The van der Waals surface area contributed by atoms with E-state index in [0.717, 1.165) is 22.9 Å². The van der Waals surface area contributed by atoms with Gasteiger partial charge in [-0.25, -0.2) is 4.98 Å². The Morgan fingerprint density at radius 2 is 1.93 bits per heavy atom. The van der Waals surface area contributed by atoms with E-state index in [1.807, 2.05) is 48.5 Å². The van der Waals surface area contributed by atoms with Crippen LogP contribution in [0.25, 0.3) is 11.0 Å². The Morgan fingerprint density at radius 3 is 2.63 bits per heavy atom. The van der Waals surface area contributed by atoms with E-state index in [9.17, 15) is 9.59 Å². The average molecular weight is 426 g/mol. The van der Waals surface area contributed by atoms with E-state index in [1.165, 1.54) is 17.2 Å². The lowest BCUT2D eigenvalue weighted by atomic mass is 9.77. The van der Waals surface area contributed by atoms with E-state index in [-0.39, 0.29) is 24.1 Å². The van der Waals surface area contributed by atoms with Crippen LogP contribution in [0.5, 0.6) is 0 Å². The SMILES string of the molecule is O=C(Cn1c(=O)cnc2ccccc21)NC(c1ccc(Br)cc1)C1CCC1. The third-order valence-electron chi connectivity index (χ3n) is 5.22. The van der Waals surface area contributed by atoms with Crippen molar-refractivity contribution < 1.29 is 4.79 Å². The molecule has 2 aromatic carbocycles. The van der Waals surface area contributed by atoms with Crippen LogP contribution in [-0.2, 0) is 11.3 Å². The van der Waals surface area contributed by atoms with E-state index >= 15 is 0 Å². The van der Waals surface area contributed by atoms with Crippen LogP contribution in [0.2, 0.25) is 0 Å². The zero-order chi connectivity index (χ0) is 18.8. The minimum atomic E-state index is -0.271. The first-order valence-corrected chi connectivity index (χ1v) is 9.90. The number of para-hydroxylation sites is 2. The molecule has 0 saturated heterocycles. The maximum atomic E-state index is 12.8. The molecule has 0 bridgehead atoms. The van der Waals surface area contributed by atoms with Crippen molar-refractivity contribution >= 4 is 32.9 Å². The zero-order valence-electron chi connectivity index (χ0n) is 14.8. The van der Waals surface area contributed by atoms with Crippen molar-refractivity contribution in [1.29, 1.82) is 0 Å². The van der Waals surface area contributed by atoms with Crippen molar-refractivity contribution in [2.45, 2.75) is 31.8 Å². The fourth-order valence-corrected chi connectivity index (χ4v) is 3.82. The van der Waals surface area contributed by atoms with Crippen LogP contribution in [0.4, 0.5) is 0 Å². The highest BCUT2D eigenvalue weighted by atomic mass is 79.9. The summed E-state index contributed by atoms with van der Waals surface area (Å²) in [5.74, 6) is 0.286. The number of benzene rings is 2. The number of nitrogens with one attached hydrogen (secondary N) is 1. The first-order chi connectivity index (χ1) is 13.1. The van der Waals surface area contributed by atoms with Gasteiger partial charge in [0.1, 0.15) is 6.54 Å². The minimum absolute atomic E-state index is 0.0123. The van der Waals surface area contributed by atoms with E-state index in [2.05, 4.69) is 26.2 Å². The highest BCUT2D eigenvalue weighted by Gasteiger charge is 2.29. The van der Waals surface area contributed by atoms with Crippen molar-refractivity contribution in [2.75, 3.05) is 0 Å².